The van der Waals surface area contributed by atoms with Gasteiger partial charge in [0.15, 0.2) is 5.65 Å². The highest BCUT2D eigenvalue weighted by atomic mass is 16.1. The maximum atomic E-state index is 13.7. The highest BCUT2D eigenvalue weighted by Crippen LogP contribution is 2.33. The Kier molecular flexibility index (Phi) is 5.04. The van der Waals surface area contributed by atoms with E-state index in [4.69, 9.17) is 15.7 Å². The first kappa shape index (κ1) is 21.6. The molecule has 6 aromatic rings. The molecule has 2 heterocycles. The second-order valence-corrected chi connectivity index (χ2v) is 8.87. The normalized spacial score (nSPS) is 11.3. The molecule has 0 spiro atoms. The summed E-state index contributed by atoms with van der Waals surface area (Å²) in [5.41, 5.74) is 12.0. The average molecular weight is 473 g/mol. The second kappa shape index (κ2) is 8.39. The van der Waals surface area contributed by atoms with Crippen molar-refractivity contribution in [1.82, 2.24) is 14.5 Å². The topological polar surface area (TPSA) is 89.1 Å². The molecule has 0 aliphatic carbocycles. The molecular formula is C29H24N6O. The van der Waals surface area contributed by atoms with Crippen LogP contribution in [0.1, 0.15) is 10.4 Å². The molecule has 0 atom stereocenters. The fourth-order valence-electron chi connectivity index (χ4n) is 4.57. The predicted octanol–water partition coefficient (Wildman–Crippen LogP) is 5.63. The van der Waals surface area contributed by atoms with Crippen molar-refractivity contribution in [3.8, 4) is 5.69 Å². The van der Waals surface area contributed by atoms with E-state index < -0.39 is 0 Å². The van der Waals surface area contributed by atoms with Crippen LogP contribution in [0, 0.1) is 0 Å². The molecule has 6 rings (SSSR count). The van der Waals surface area contributed by atoms with E-state index in [1.165, 1.54) is 0 Å². The van der Waals surface area contributed by atoms with Crippen molar-refractivity contribution < 1.29 is 4.79 Å². The first-order chi connectivity index (χ1) is 17.5. The van der Waals surface area contributed by atoms with Gasteiger partial charge in [-0.25, -0.2) is 9.97 Å². The summed E-state index contributed by atoms with van der Waals surface area (Å²) >= 11 is 0. The zero-order valence-electron chi connectivity index (χ0n) is 19.9. The molecule has 0 fully saturated rings. The molecule has 176 valence electrons. The molecule has 0 aliphatic rings. The van der Waals surface area contributed by atoms with Crippen LogP contribution in [0.25, 0.3) is 38.7 Å². The highest BCUT2D eigenvalue weighted by molar-refractivity contribution is 6.18. The minimum Gasteiger partial charge on any atom is -0.384 e. The van der Waals surface area contributed by atoms with E-state index in [-0.39, 0.29) is 11.7 Å². The Balaban J connectivity index is 1.55. The van der Waals surface area contributed by atoms with Gasteiger partial charge in [0.25, 0.3) is 5.91 Å². The van der Waals surface area contributed by atoms with Crippen molar-refractivity contribution in [3.63, 3.8) is 0 Å². The molecule has 0 unspecified atom stereocenters. The standard InChI is InChI=1S/C29H24N6O/c1-34(2)19-14-16-20(17-15-19)35-27(30)25(26-28(35)32-24-12-6-5-11-23(24)31-26)29(36)33-22-13-7-9-18-8-3-4-10-21(18)22/h3-17H,30H2,1-2H3,(H,33,36). The molecular weight excluding hydrogens is 448 g/mol. The number of nitrogens with zero attached hydrogens (tertiary/aromatic N) is 4. The molecule has 7 heteroatoms. The third-order valence-electron chi connectivity index (χ3n) is 6.39. The number of aromatic nitrogens is 3. The van der Waals surface area contributed by atoms with Crippen LogP contribution in [0.4, 0.5) is 17.2 Å². The van der Waals surface area contributed by atoms with Gasteiger partial charge in [-0.3, -0.25) is 9.36 Å². The van der Waals surface area contributed by atoms with Crippen molar-refractivity contribution >= 4 is 56.1 Å². The Bertz CT molecular complexity index is 1760. The van der Waals surface area contributed by atoms with Crippen LogP contribution in [0.15, 0.2) is 91.0 Å². The Hall–Kier alpha value is -4.91. The molecule has 0 bridgehead atoms. The van der Waals surface area contributed by atoms with E-state index in [0.29, 0.717) is 27.9 Å². The minimum absolute atomic E-state index is 0.288. The average Bonchev–Trinajstić information content (AvgIpc) is 3.18. The first-order valence-electron chi connectivity index (χ1n) is 11.6. The smallest absolute Gasteiger partial charge is 0.261 e. The van der Waals surface area contributed by atoms with Gasteiger partial charge in [0.1, 0.15) is 16.9 Å². The summed E-state index contributed by atoms with van der Waals surface area (Å²) < 4.78 is 1.80. The van der Waals surface area contributed by atoms with E-state index in [9.17, 15) is 4.79 Å². The van der Waals surface area contributed by atoms with Gasteiger partial charge in [0.05, 0.1) is 11.0 Å². The number of hydrogen-bond acceptors (Lipinski definition) is 5. The number of hydrogen-bond donors (Lipinski definition) is 2. The van der Waals surface area contributed by atoms with Gasteiger partial charge in [-0.2, -0.15) is 0 Å². The van der Waals surface area contributed by atoms with Crippen molar-refractivity contribution in [2.75, 3.05) is 30.0 Å². The Morgan fingerprint density at radius 2 is 1.50 bits per heavy atom. The quantitative estimate of drug-likeness (QED) is 0.347. The second-order valence-electron chi connectivity index (χ2n) is 8.87. The summed E-state index contributed by atoms with van der Waals surface area (Å²) in [6, 6.07) is 29.3. The number of carbonyl (C=O) groups is 1. The van der Waals surface area contributed by atoms with Crippen molar-refractivity contribution in [2.24, 2.45) is 0 Å². The number of amides is 1. The van der Waals surface area contributed by atoms with Crippen LogP contribution in [-0.4, -0.2) is 34.5 Å². The number of nitrogens with one attached hydrogen (secondary N) is 1. The third kappa shape index (κ3) is 3.49. The lowest BCUT2D eigenvalue weighted by Crippen LogP contribution is -2.15. The molecule has 1 amide bonds. The fraction of sp³-hybridized carbons (Fsp3) is 0.0690. The van der Waals surface area contributed by atoms with E-state index in [1.54, 1.807) is 4.57 Å². The van der Waals surface area contributed by atoms with Crippen LogP contribution in [0.2, 0.25) is 0 Å². The number of carbonyl (C=O) groups excluding carboxylic acids is 1. The lowest BCUT2D eigenvalue weighted by molar-refractivity contribution is 0.102. The molecule has 4 aromatic carbocycles. The van der Waals surface area contributed by atoms with Crippen molar-refractivity contribution in [2.45, 2.75) is 0 Å². The van der Waals surface area contributed by atoms with E-state index in [0.717, 1.165) is 27.7 Å². The van der Waals surface area contributed by atoms with Gasteiger partial charge in [0, 0.05) is 36.5 Å². The van der Waals surface area contributed by atoms with Gasteiger partial charge in [-0.05, 0) is 47.9 Å². The van der Waals surface area contributed by atoms with Gasteiger partial charge in [0.2, 0.25) is 0 Å². The Morgan fingerprint density at radius 1 is 0.833 bits per heavy atom. The maximum Gasteiger partial charge on any atom is 0.261 e. The van der Waals surface area contributed by atoms with E-state index in [1.807, 2.05) is 110 Å². The lowest BCUT2D eigenvalue weighted by Gasteiger charge is -2.14. The number of benzene rings is 4. The Labute approximate surface area is 207 Å². The number of nitrogens with two attached hydrogens (primary N) is 1. The molecule has 0 aliphatic heterocycles. The minimum atomic E-state index is -0.331. The predicted molar refractivity (Wildman–Crippen MR) is 147 cm³/mol. The Morgan fingerprint density at radius 3 is 2.25 bits per heavy atom. The molecule has 2 aromatic heterocycles. The number of para-hydroxylation sites is 2. The summed E-state index contributed by atoms with van der Waals surface area (Å²) in [4.78, 5) is 25.4. The third-order valence-corrected chi connectivity index (χ3v) is 6.39. The molecule has 7 nitrogen and oxygen atoms in total. The summed E-state index contributed by atoms with van der Waals surface area (Å²) in [5, 5.41) is 5.05. The van der Waals surface area contributed by atoms with Gasteiger partial charge >= 0.3 is 0 Å². The van der Waals surface area contributed by atoms with Gasteiger partial charge in [-0.15, -0.1) is 0 Å². The van der Waals surface area contributed by atoms with Gasteiger partial charge < -0.3 is 16.0 Å². The SMILES string of the molecule is CN(C)c1ccc(-n2c(N)c(C(=O)Nc3cccc4ccccc34)c3nc4ccccc4nc32)cc1. The summed E-state index contributed by atoms with van der Waals surface area (Å²) in [7, 11) is 3.98. The summed E-state index contributed by atoms with van der Waals surface area (Å²) in [6.07, 6.45) is 0. The molecule has 3 N–H and O–H groups in total. The fourth-order valence-corrected chi connectivity index (χ4v) is 4.57. The van der Waals surface area contributed by atoms with Crippen LogP contribution < -0.4 is 16.0 Å². The maximum absolute atomic E-state index is 13.7. The highest BCUT2D eigenvalue weighted by Gasteiger charge is 2.25. The van der Waals surface area contributed by atoms with Crippen molar-refractivity contribution in [1.29, 1.82) is 0 Å². The summed E-state index contributed by atoms with van der Waals surface area (Å²) in [5.74, 6) is -0.0438. The van der Waals surface area contributed by atoms with E-state index in [2.05, 4.69) is 5.32 Å². The number of fused-ring (bicyclic) bond motifs is 3. The monoisotopic (exact) mass is 472 g/mol. The number of nitrogen functional groups attached to an aromatic ring is 1. The molecule has 0 radical (unpaired) electrons. The zero-order chi connectivity index (χ0) is 24.8. The number of anilines is 3. The molecule has 0 saturated carbocycles. The van der Waals surface area contributed by atoms with Crippen LogP contribution >= 0.6 is 0 Å². The van der Waals surface area contributed by atoms with Gasteiger partial charge in [-0.1, -0.05) is 48.5 Å². The first-order valence-corrected chi connectivity index (χ1v) is 11.6. The van der Waals surface area contributed by atoms with E-state index >= 15 is 0 Å². The lowest BCUT2D eigenvalue weighted by atomic mass is 10.1. The largest absolute Gasteiger partial charge is 0.384 e. The van der Waals surface area contributed by atoms with Crippen LogP contribution in [0.5, 0.6) is 0 Å². The van der Waals surface area contributed by atoms with Crippen molar-refractivity contribution in [3.05, 3.63) is 96.6 Å². The zero-order valence-corrected chi connectivity index (χ0v) is 19.9. The molecule has 0 saturated heterocycles. The summed E-state index contributed by atoms with van der Waals surface area (Å²) in [6.45, 7) is 0. The molecule has 36 heavy (non-hydrogen) atoms. The van der Waals surface area contributed by atoms with Crippen LogP contribution in [0.3, 0.4) is 0 Å². The van der Waals surface area contributed by atoms with Crippen LogP contribution in [-0.2, 0) is 0 Å². The number of rotatable bonds is 4.